The summed E-state index contributed by atoms with van der Waals surface area (Å²) < 4.78 is 0. The molecule has 1 nitrogen and oxygen atoms in total. The topological polar surface area (TPSA) is 12.0 Å². The molecule has 2 atom stereocenters. The van der Waals surface area contributed by atoms with Gasteiger partial charge in [-0.3, -0.25) is 0 Å². The first kappa shape index (κ1) is 11.5. The first-order valence-corrected chi connectivity index (χ1v) is 6.50. The molecule has 0 radical (unpaired) electrons. The van der Waals surface area contributed by atoms with Crippen LogP contribution < -0.4 is 5.32 Å². The van der Waals surface area contributed by atoms with Gasteiger partial charge in [0.1, 0.15) is 0 Å². The Bertz CT molecular complexity index is 130. The first-order valence-electron chi connectivity index (χ1n) is 5.58. The Morgan fingerprint density at radius 2 is 1.85 bits per heavy atom. The average molecular weight is 248 g/mol. The number of rotatable bonds is 4. The Kier molecular flexibility index (Phi) is 5.34. The van der Waals surface area contributed by atoms with Crippen molar-refractivity contribution in [1.82, 2.24) is 5.32 Å². The highest BCUT2D eigenvalue weighted by Gasteiger charge is 2.15. The second-order valence-corrected chi connectivity index (χ2v) is 5.98. The lowest BCUT2D eigenvalue weighted by Crippen LogP contribution is -2.38. The van der Waals surface area contributed by atoms with Gasteiger partial charge in [0.25, 0.3) is 0 Å². The maximum atomic E-state index is 3.72. The normalized spacial score (nSPS) is 24.2. The molecule has 1 N–H and O–H groups in total. The van der Waals surface area contributed by atoms with Crippen LogP contribution in [0.1, 0.15) is 52.4 Å². The molecule has 78 valence electrons. The smallest absolute Gasteiger partial charge is 0.0132 e. The molecule has 0 saturated heterocycles. The fourth-order valence-electron chi connectivity index (χ4n) is 2.23. The average Bonchev–Trinajstić information content (AvgIpc) is 2.04. The van der Waals surface area contributed by atoms with Gasteiger partial charge >= 0.3 is 0 Å². The predicted molar refractivity (Wildman–Crippen MR) is 62.5 cm³/mol. The van der Waals surface area contributed by atoms with E-state index in [-0.39, 0.29) is 0 Å². The fourth-order valence-corrected chi connectivity index (χ4v) is 2.79. The summed E-state index contributed by atoms with van der Waals surface area (Å²) in [6.07, 6.45) is 8.31. The number of nitrogens with one attached hydrogen (secondary N) is 1. The van der Waals surface area contributed by atoms with Crippen LogP contribution in [0.2, 0.25) is 0 Å². The van der Waals surface area contributed by atoms with Crippen LogP contribution in [0.3, 0.4) is 0 Å². The summed E-state index contributed by atoms with van der Waals surface area (Å²) in [5.41, 5.74) is 0. The predicted octanol–water partition coefficient (Wildman–Crippen LogP) is 3.47. The Morgan fingerprint density at radius 3 is 2.38 bits per heavy atom. The summed E-state index contributed by atoms with van der Waals surface area (Å²) in [6, 6.07) is 1.47. The lowest BCUT2D eigenvalue weighted by molar-refractivity contribution is 0.337. The summed E-state index contributed by atoms with van der Waals surface area (Å²) in [5, 5.41) is 3.72. The van der Waals surface area contributed by atoms with Crippen molar-refractivity contribution in [2.45, 2.75) is 69.3 Å². The monoisotopic (exact) mass is 247 g/mol. The maximum absolute atomic E-state index is 3.72. The molecule has 0 heterocycles. The molecule has 0 aromatic heterocycles. The van der Waals surface area contributed by atoms with Gasteiger partial charge in [0.15, 0.2) is 0 Å². The lowest BCUT2D eigenvalue weighted by atomic mass is 9.94. The van der Waals surface area contributed by atoms with Gasteiger partial charge in [-0.2, -0.15) is 0 Å². The van der Waals surface area contributed by atoms with Crippen LogP contribution >= 0.6 is 15.9 Å². The number of hydrogen-bond acceptors (Lipinski definition) is 1. The summed E-state index contributed by atoms with van der Waals surface area (Å²) >= 11 is 3.60. The van der Waals surface area contributed by atoms with Gasteiger partial charge in [0.2, 0.25) is 0 Å². The molecule has 2 unspecified atom stereocenters. The zero-order valence-corrected chi connectivity index (χ0v) is 10.4. The van der Waals surface area contributed by atoms with Crippen molar-refractivity contribution in [2.24, 2.45) is 0 Å². The molecule has 0 aliphatic heterocycles. The van der Waals surface area contributed by atoms with E-state index in [1.807, 2.05) is 0 Å². The Balaban J connectivity index is 2.14. The fraction of sp³-hybridized carbons (Fsp3) is 1.00. The van der Waals surface area contributed by atoms with E-state index in [2.05, 4.69) is 35.1 Å². The molecule has 2 heteroatoms. The van der Waals surface area contributed by atoms with E-state index >= 15 is 0 Å². The van der Waals surface area contributed by atoms with Crippen molar-refractivity contribution >= 4 is 15.9 Å². The van der Waals surface area contributed by atoms with Gasteiger partial charge in [-0.1, -0.05) is 42.1 Å². The first-order chi connectivity index (χ1) is 6.18. The van der Waals surface area contributed by atoms with E-state index in [9.17, 15) is 0 Å². The van der Waals surface area contributed by atoms with E-state index in [1.54, 1.807) is 0 Å². The molecule has 1 fully saturated rings. The lowest BCUT2D eigenvalue weighted by Gasteiger charge is -2.27. The molecule has 0 spiro atoms. The molecule has 1 aliphatic rings. The van der Waals surface area contributed by atoms with E-state index in [4.69, 9.17) is 0 Å². The van der Waals surface area contributed by atoms with Crippen LogP contribution in [0.25, 0.3) is 0 Å². The van der Waals surface area contributed by atoms with Crippen LogP contribution in [0, 0.1) is 0 Å². The van der Waals surface area contributed by atoms with E-state index in [1.165, 1.54) is 38.5 Å². The van der Waals surface area contributed by atoms with Crippen LogP contribution in [-0.4, -0.2) is 16.9 Å². The third kappa shape index (κ3) is 5.02. The highest BCUT2D eigenvalue weighted by Crippen LogP contribution is 2.18. The van der Waals surface area contributed by atoms with Crippen molar-refractivity contribution in [3.05, 3.63) is 0 Å². The minimum atomic E-state index is 0.638. The minimum absolute atomic E-state index is 0.638. The van der Waals surface area contributed by atoms with Crippen LogP contribution in [-0.2, 0) is 0 Å². The van der Waals surface area contributed by atoms with Crippen molar-refractivity contribution in [3.63, 3.8) is 0 Å². The second kappa shape index (κ2) is 6.02. The number of halogens is 1. The molecule has 13 heavy (non-hydrogen) atoms. The zero-order chi connectivity index (χ0) is 9.68. The SMILES string of the molecule is CC(Br)CC(C)NC1CCCCC1. The zero-order valence-electron chi connectivity index (χ0n) is 8.85. The summed E-state index contributed by atoms with van der Waals surface area (Å²) in [4.78, 5) is 0.638. The third-order valence-electron chi connectivity index (χ3n) is 2.80. The van der Waals surface area contributed by atoms with Crippen LogP contribution in [0.4, 0.5) is 0 Å². The molecule has 0 bridgehead atoms. The highest BCUT2D eigenvalue weighted by atomic mass is 79.9. The van der Waals surface area contributed by atoms with Gasteiger partial charge in [0, 0.05) is 16.9 Å². The minimum Gasteiger partial charge on any atom is -0.311 e. The van der Waals surface area contributed by atoms with Crippen LogP contribution in [0.15, 0.2) is 0 Å². The van der Waals surface area contributed by atoms with Crippen molar-refractivity contribution in [3.8, 4) is 0 Å². The quantitative estimate of drug-likeness (QED) is 0.751. The third-order valence-corrected chi connectivity index (χ3v) is 3.18. The highest BCUT2D eigenvalue weighted by molar-refractivity contribution is 9.09. The summed E-state index contributed by atoms with van der Waals surface area (Å²) in [6.45, 7) is 4.52. The summed E-state index contributed by atoms with van der Waals surface area (Å²) in [5.74, 6) is 0. The van der Waals surface area contributed by atoms with Gasteiger partial charge in [-0.15, -0.1) is 0 Å². The van der Waals surface area contributed by atoms with E-state index < -0.39 is 0 Å². The molecule has 1 aliphatic carbocycles. The van der Waals surface area contributed by atoms with Gasteiger partial charge < -0.3 is 5.32 Å². The standard InChI is InChI=1S/C11H22BrN/c1-9(12)8-10(2)13-11-6-4-3-5-7-11/h9-11,13H,3-8H2,1-2H3. The van der Waals surface area contributed by atoms with Gasteiger partial charge in [0.05, 0.1) is 0 Å². The molecule has 1 rings (SSSR count). The molecular weight excluding hydrogens is 226 g/mol. The summed E-state index contributed by atoms with van der Waals surface area (Å²) in [7, 11) is 0. The molecule has 0 amide bonds. The molecule has 0 aromatic rings. The second-order valence-electron chi connectivity index (χ2n) is 4.42. The number of hydrogen-bond donors (Lipinski definition) is 1. The Morgan fingerprint density at radius 1 is 1.23 bits per heavy atom. The van der Waals surface area contributed by atoms with E-state index in [0.717, 1.165) is 6.04 Å². The maximum Gasteiger partial charge on any atom is 0.0132 e. The van der Waals surface area contributed by atoms with Crippen molar-refractivity contribution < 1.29 is 0 Å². The molecule has 1 saturated carbocycles. The van der Waals surface area contributed by atoms with E-state index in [0.29, 0.717) is 10.9 Å². The Hall–Kier alpha value is 0.440. The largest absolute Gasteiger partial charge is 0.311 e. The number of alkyl halides is 1. The van der Waals surface area contributed by atoms with Gasteiger partial charge in [-0.05, 0) is 26.2 Å². The Labute approximate surface area is 90.8 Å². The van der Waals surface area contributed by atoms with Crippen molar-refractivity contribution in [1.29, 1.82) is 0 Å². The van der Waals surface area contributed by atoms with Gasteiger partial charge in [-0.25, -0.2) is 0 Å². The molecular formula is C11H22BrN. The molecule has 0 aromatic carbocycles. The van der Waals surface area contributed by atoms with Crippen LogP contribution in [0.5, 0.6) is 0 Å². The van der Waals surface area contributed by atoms with Crippen molar-refractivity contribution in [2.75, 3.05) is 0 Å².